The van der Waals surface area contributed by atoms with E-state index in [0.29, 0.717) is 17.2 Å². The first-order valence-electron chi connectivity index (χ1n) is 7.53. The molecule has 2 aromatic rings. The largest absolute Gasteiger partial charge is 0.497 e. The van der Waals surface area contributed by atoms with Crippen molar-refractivity contribution in [1.29, 1.82) is 0 Å². The number of halogens is 1. The van der Waals surface area contributed by atoms with Gasteiger partial charge in [-0.05, 0) is 30.7 Å². The van der Waals surface area contributed by atoms with Crippen LogP contribution in [0.4, 0.5) is 0 Å². The molecule has 0 aliphatic carbocycles. The Bertz CT molecular complexity index is 773. The minimum absolute atomic E-state index is 0.193. The van der Waals surface area contributed by atoms with Crippen LogP contribution in [0.15, 0.2) is 30.5 Å². The fourth-order valence-corrected chi connectivity index (χ4v) is 2.39. The molecule has 0 aliphatic rings. The van der Waals surface area contributed by atoms with E-state index in [4.69, 9.17) is 21.1 Å². The van der Waals surface area contributed by atoms with E-state index in [1.54, 1.807) is 45.5 Å². The lowest BCUT2D eigenvalue weighted by Gasteiger charge is -2.13. The zero-order valence-corrected chi connectivity index (χ0v) is 15.0. The summed E-state index contributed by atoms with van der Waals surface area (Å²) in [5.41, 5.74) is 4.41. The van der Waals surface area contributed by atoms with Gasteiger partial charge in [0.25, 0.3) is 11.8 Å². The highest BCUT2D eigenvalue weighted by molar-refractivity contribution is 6.28. The van der Waals surface area contributed by atoms with E-state index in [2.05, 4.69) is 10.7 Å². The summed E-state index contributed by atoms with van der Waals surface area (Å²) >= 11 is 5.49. The van der Waals surface area contributed by atoms with Gasteiger partial charge in [-0.25, -0.2) is 0 Å². The van der Waals surface area contributed by atoms with Crippen LogP contribution in [-0.4, -0.2) is 36.6 Å². The fraction of sp³-hybridized carbons (Fsp3) is 0.294. The topological polar surface area (TPSA) is 81.6 Å². The van der Waals surface area contributed by atoms with Gasteiger partial charge in [0, 0.05) is 24.4 Å². The van der Waals surface area contributed by atoms with Crippen LogP contribution in [0.5, 0.6) is 11.5 Å². The molecule has 2 rings (SSSR count). The van der Waals surface area contributed by atoms with Gasteiger partial charge in [0.05, 0.1) is 14.2 Å². The fourth-order valence-electron chi connectivity index (χ4n) is 2.33. The average Bonchev–Trinajstić information content (AvgIpc) is 2.99. The van der Waals surface area contributed by atoms with Gasteiger partial charge in [-0.3, -0.25) is 19.7 Å². The van der Waals surface area contributed by atoms with E-state index in [9.17, 15) is 9.59 Å². The Morgan fingerprint density at radius 1 is 1.20 bits per heavy atom. The molecule has 1 heterocycles. The summed E-state index contributed by atoms with van der Waals surface area (Å²) in [7, 11) is 3.12. The first-order chi connectivity index (χ1) is 12.0. The van der Waals surface area contributed by atoms with Crippen LogP contribution in [0.25, 0.3) is 0 Å². The number of alkyl halides is 1. The van der Waals surface area contributed by atoms with Crippen molar-refractivity contribution in [3.63, 3.8) is 0 Å². The Morgan fingerprint density at radius 3 is 2.60 bits per heavy atom. The summed E-state index contributed by atoms with van der Waals surface area (Å²) < 4.78 is 11.8. The van der Waals surface area contributed by atoms with Crippen LogP contribution >= 0.6 is 11.6 Å². The second-order valence-electron chi connectivity index (χ2n) is 5.25. The van der Waals surface area contributed by atoms with Gasteiger partial charge < -0.3 is 14.8 Å². The minimum Gasteiger partial charge on any atom is -0.497 e. The number of hydrogen-bond acceptors (Lipinski definition) is 4. The summed E-state index contributed by atoms with van der Waals surface area (Å²) in [5.74, 6) is 0.363. The smallest absolute Gasteiger partial charge is 0.270 e. The third-order valence-corrected chi connectivity index (χ3v) is 3.85. The number of carbonyl (C=O) groups excluding carboxylic acids is 2. The van der Waals surface area contributed by atoms with Crippen molar-refractivity contribution >= 4 is 23.4 Å². The molecule has 1 aromatic carbocycles. The van der Waals surface area contributed by atoms with Crippen LogP contribution in [0.1, 0.15) is 21.6 Å². The molecule has 0 radical (unpaired) electrons. The van der Waals surface area contributed by atoms with Gasteiger partial charge >= 0.3 is 0 Å². The van der Waals surface area contributed by atoms with E-state index in [0.717, 1.165) is 11.1 Å². The highest BCUT2D eigenvalue weighted by Crippen LogP contribution is 2.24. The maximum atomic E-state index is 12.5. The highest BCUT2D eigenvalue weighted by Gasteiger charge is 2.16. The van der Waals surface area contributed by atoms with Crippen molar-refractivity contribution in [3.05, 3.63) is 47.3 Å². The number of amides is 2. The molecule has 0 bridgehead atoms. The van der Waals surface area contributed by atoms with Gasteiger partial charge in [0.1, 0.15) is 23.1 Å². The quantitative estimate of drug-likeness (QED) is 0.736. The lowest BCUT2D eigenvalue weighted by Crippen LogP contribution is -2.31. The molecule has 0 saturated heterocycles. The van der Waals surface area contributed by atoms with Crippen molar-refractivity contribution in [2.75, 3.05) is 25.5 Å². The number of methoxy groups -OCH3 is 2. The summed E-state index contributed by atoms with van der Waals surface area (Å²) in [4.78, 5) is 24.0. The Hall–Kier alpha value is -2.67. The van der Waals surface area contributed by atoms with Crippen LogP contribution in [0.3, 0.4) is 0 Å². The number of ether oxygens (including phenoxy) is 2. The van der Waals surface area contributed by atoms with E-state index < -0.39 is 5.91 Å². The van der Waals surface area contributed by atoms with Gasteiger partial charge in [0.2, 0.25) is 0 Å². The first kappa shape index (κ1) is 18.7. The van der Waals surface area contributed by atoms with E-state index in [1.807, 2.05) is 6.07 Å². The summed E-state index contributed by atoms with van der Waals surface area (Å²) in [6, 6.07) is 7.09. The molecule has 0 atom stereocenters. The molecule has 134 valence electrons. The number of aromatic nitrogens is 1. The molecule has 0 spiro atoms. The van der Waals surface area contributed by atoms with E-state index >= 15 is 0 Å². The Morgan fingerprint density at radius 2 is 1.96 bits per heavy atom. The standard InChI is InChI=1S/C17H20ClN3O4/c1-11-6-7-21(20-15(22)9-18)16(11)17(23)19-10-12-4-5-13(24-2)8-14(12)25-3/h4-8H,9-10H2,1-3H3,(H,19,23)(H,20,22). The molecule has 0 saturated carbocycles. The summed E-state index contributed by atoms with van der Waals surface area (Å²) in [6.45, 7) is 2.05. The number of carbonyl (C=O) groups is 2. The lowest BCUT2D eigenvalue weighted by atomic mass is 10.2. The molecule has 0 unspecified atom stereocenters. The molecule has 2 N–H and O–H groups in total. The van der Waals surface area contributed by atoms with Crippen LogP contribution in [0, 0.1) is 6.92 Å². The number of rotatable bonds is 7. The Labute approximate surface area is 150 Å². The molecule has 2 amide bonds. The van der Waals surface area contributed by atoms with Crippen molar-refractivity contribution in [2.45, 2.75) is 13.5 Å². The number of nitrogens with zero attached hydrogens (tertiary/aromatic N) is 1. The molecule has 0 fully saturated rings. The SMILES string of the molecule is COc1ccc(CNC(=O)c2c(C)ccn2NC(=O)CCl)c(OC)c1. The highest BCUT2D eigenvalue weighted by atomic mass is 35.5. The van der Waals surface area contributed by atoms with Gasteiger partial charge in [-0.15, -0.1) is 11.6 Å². The Kier molecular flexibility index (Phi) is 6.30. The van der Waals surface area contributed by atoms with Crippen molar-refractivity contribution in [3.8, 4) is 11.5 Å². The third kappa shape index (κ3) is 4.45. The normalized spacial score (nSPS) is 10.2. The van der Waals surface area contributed by atoms with Gasteiger partial charge in [0.15, 0.2) is 0 Å². The first-order valence-corrected chi connectivity index (χ1v) is 8.06. The predicted molar refractivity (Wildman–Crippen MR) is 95.0 cm³/mol. The molecule has 8 heteroatoms. The zero-order chi connectivity index (χ0) is 18.4. The van der Waals surface area contributed by atoms with Crippen LogP contribution < -0.4 is 20.2 Å². The number of hydrogen-bond donors (Lipinski definition) is 2. The zero-order valence-electron chi connectivity index (χ0n) is 14.3. The second-order valence-corrected chi connectivity index (χ2v) is 5.51. The van der Waals surface area contributed by atoms with Crippen LogP contribution in [0.2, 0.25) is 0 Å². The van der Waals surface area contributed by atoms with Gasteiger partial charge in [-0.1, -0.05) is 0 Å². The van der Waals surface area contributed by atoms with E-state index in [-0.39, 0.29) is 18.3 Å². The average molecular weight is 366 g/mol. The summed E-state index contributed by atoms with van der Waals surface area (Å²) in [6.07, 6.45) is 1.60. The molecular formula is C17H20ClN3O4. The molecule has 1 aromatic heterocycles. The van der Waals surface area contributed by atoms with Gasteiger partial charge in [-0.2, -0.15) is 0 Å². The van der Waals surface area contributed by atoms with E-state index in [1.165, 1.54) is 4.68 Å². The number of benzene rings is 1. The lowest BCUT2D eigenvalue weighted by molar-refractivity contribution is -0.114. The van der Waals surface area contributed by atoms with Crippen molar-refractivity contribution in [2.24, 2.45) is 0 Å². The molecule has 25 heavy (non-hydrogen) atoms. The van der Waals surface area contributed by atoms with Crippen molar-refractivity contribution < 1.29 is 19.1 Å². The Balaban J connectivity index is 2.13. The minimum atomic E-state index is -0.400. The maximum Gasteiger partial charge on any atom is 0.270 e. The number of nitrogens with one attached hydrogen (secondary N) is 2. The monoisotopic (exact) mass is 365 g/mol. The maximum absolute atomic E-state index is 12.5. The molecule has 0 aliphatic heterocycles. The van der Waals surface area contributed by atoms with Crippen LogP contribution in [-0.2, 0) is 11.3 Å². The molecule has 7 nitrogen and oxygen atoms in total. The predicted octanol–water partition coefficient (Wildman–Crippen LogP) is 2.05. The number of aryl methyl sites for hydroxylation is 1. The molecular weight excluding hydrogens is 346 g/mol. The third-order valence-electron chi connectivity index (χ3n) is 3.60. The second kappa shape index (κ2) is 8.43. The summed E-state index contributed by atoms with van der Waals surface area (Å²) in [5, 5.41) is 2.82. The van der Waals surface area contributed by atoms with Crippen molar-refractivity contribution in [1.82, 2.24) is 9.99 Å².